The minimum Gasteiger partial charge on any atom is -0.486 e. The maximum Gasteiger partial charge on any atom is 0.240 e. The molecule has 3 rings (SSSR count). The molecule has 7 heteroatoms. The smallest absolute Gasteiger partial charge is 0.240 e. The van der Waals surface area contributed by atoms with E-state index in [1.807, 2.05) is 12.1 Å². The lowest BCUT2D eigenvalue weighted by atomic mass is 10.2. The third-order valence-electron chi connectivity index (χ3n) is 3.23. The average Bonchev–Trinajstić information content (AvgIpc) is 2.87. The maximum atomic E-state index is 11.8. The number of hydrogen-bond acceptors (Lipinski definition) is 5. The highest BCUT2D eigenvalue weighted by molar-refractivity contribution is 5.83. The predicted octanol–water partition coefficient (Wildman–Crippen LogP) is 0.570. The monoisotopic (exact) mass is 291 g/mol. The van der Waals surface area contributed by atoms with Gasteiger partial charge in [0.25, 0.3) is 0 Å². The van der Waals surface area contributed by atoms with Crippen LogP contribution in [0.4, 0.5) is 0 Å². The first-order valence-corrected chi connectivity index (χ1v) is 6.78. The van der Waals surface area contributed by atoms with Gasteiger partial charge in [-0.05, 0) is 0 Å². The molecule has 0 unspecified atom stereocenters. The minimum absolute atomic E-state index is 0.0822. The van der Waals surface area contributed by atoms with E-state index >= 15 is 0 Å². The summed E-state index contributed by atoms with van der Waals surface area (Å²) in [4.78, 5) is 16.1. The van der Waals surface area contributed by atoms with E-state index in [9.17, 15) is 4.79 Å². The first kappa shape index (κ1) is 13.7. The Bertz CT molecular complexity index is 653. The number of nitrogens with zero attached hydrogens (tertiary/aromatic N) is 2. The Morgan fingerprint density at radius 2 is 2.14 bits per heavy atom. The van der Waals surface area contributed by atoms with Crippen LogP contribution in [-0.2, 0) is 16.1 Å². The van der Waals surface area contributed by atoms with Crippen LogP contribution < -0.4 is 14.8 Å². The Hall–Kier alpha value is -2.28. The Balaban J connectivity index is 1.78. The Kier molecular flexibility index (Phi) is 3.92. The second-order valence-corrected chi connectivity index (χ2v) is 4.70. The highest BCUT2D eigenvalue weighted by atomic mass is 16.6. The van der Waals surface area contributed by atoms with E-state index in [1.165, 1.54) is 0 Å². The fraction of sp³-hybridized carbons (Fsp3) is 0.429. The molecule has 1 N–H and O–H groups in total. The number of imidazole rings is 1. The molecule has 2 aromatic rings. The molecule has 0 aliphatic carbocycles. The topological polar surface area (TPSA) is 74.6 Å². The van der Waals surface area contributed by atoms with E-state index in [1.54, 1.807) is 18.0 Å². The van der Waals surface area contributed by atoms with E-state index in [0.29, 0.717) is 37.9 Å². The van der Waals surface area contributed by atoms with Gasteiger partial charge >= 0.3 is 0 Å². The summed E-state index contributed by atoms with van der Waals surface area (Å²) in [5, 5.41) is 2.78. The summed E-state index contributed by atoms with van der Waals surface area (Å²) in [5.74, 6) is 1.31. The molecular formula is C14H17N3O4. The molecular weight excluding hydrogens is 274 g/mol. The molecule has 0 radical (unpaired) electrons. The largest absolute Gasteiger partial charge is 0.486 e. The minimum atomic E-state index is -0.0822. The zero-order valence-corrected chi connectivity index (χ0v) is 11.8. The molecule has 1 aromatic heterocycles. The number of methoxy groups -OCH3 is 1. The lowest BCUT2D eigenvalue weighted by Crippen LogP contribution is -2.30. The van der Waals surface area contributed by atoms with E-state index in [0.717, 1.165) is 11.0 Å². The van der Waals surface area contributed by atoms with E-state index in [-0.39, 0.29) is 12.5 Å². The van der Waals surface area contributed by atoms with E-state index in [4.69, 9.17) is 14.2 Å². The number of carbonyl (C=O) groups excluding carboxylic acids is 1. The number of benzene rings is 1. The SMILES string of the molecule is COCCNC(=O)Cn1cnc2cc3c(cc21)OCCO3. The van der Waals surface area contributed by atoms with Gasteiger partial charge in [0.05, 0.1) is 24.0 Å². The van der Waals surface area contributed by atoms with Crippen molar-refractivity contribution in [2.45, 2.75) is 6.54 Å². The van der Waals surface area contributed by atoms with Crippen molar-refractivity contribution in [2.24, 2.45) is 0 Å². The van der Waals surface area contributed by atoms with Crippen LogP contribution in [0.1, 0.15) is 0 Å². The number of carbonyl (C=O) groups is 1. The summed E-state index contributed by atoms with van der Waals surface area (Å²) in [6.07, 6.45) is 1.64. The molecule has 1 aliphatic heterocycles. The normalized spacial score (nSPS) is 13.4. The van der Waals surface area contributed by atoms with Crippen molar-refractivity contribution in [1.29, 1.82) is 0 Å². The number of rotatable bonds is 5. The summed E-state index contributed by atoms with van der Waals surface area (Å²) in [6.45, 7) is 2.27. The van der Waals surface area contributed by atoms with Crippen molar-refractivity contribution >= 4 is 16.9 Å². The first-order chi connectivity index (χ1) is 10.3. The van der Waals surface area contributed by atoms with Gasteiger partial charge in [-0.3, -0.25) is 4.79 Å². The molecule has 0 atom stereocenters. The van der Waals surface area contributed by atoms with Crippen molar-refractivity contribution in [3.8, 4) is 11.5 Å². The van der Waals surface area contributed by atoms with Gasteiger partial charge in [-0.1, -0.05) is 0 Å². The van der Waals surface area contributed by atoms with Crippen LogP contribution in [0.3, 0.4) is 0 Å². The van der Waals surface area contributed by atoms with Crippen LogP contribution in [0.25, 0.3) is 11.0 Å². The summed E-state index contributed by atoms with van der Waals surface area (Å²) in [5.41, 5.74) is 1.63. The Morgan fingerprint density at radius 1 is 1.38 bits per heavy atom. The summed E-state index contributed by atoms with van der Waals surface area (Å²) >= 11 is 0. The summed E-state index contributed by atoms with van der Waals surface area (Å²) < 4.78 is 17.8. The molecule has 0 spiro atoms. The Labute approximate surface area is 121 Å². The molecule has 1 amide bonds. The van der Waals surface area contributed by atoms with Crippen molar-refractivity contribution in [3.05, 3.63) is 18.5 Å². The van der Waals surface area contributed by atoms with Gasteiger partial charge in [0, 0.05) is 25.8 Å². The second-order valence-electron chi connectivity index (χ2n) is 4.70. The molecule has 1 aromatic carbocycles. The second kappa shape index (κ2) is 6.01. The molecule has 0 bridgehead atoms. The number of fused-ring (bicyclic) bond motifs is 2. The van der Waals surface area contributed by atoms with E-state index < -0.39 is 0 Å². The van der Waals surface area contributed by atoms with Crippen molar-refractivity contribution in [2.75, 3.05) is 33.5 Å². The third kappa shape index (κ3) is 2.92. The van der Waals surface area contributed by atoms with Crippen molar-refractivity contribution < 1.29 is 19.0 Å². The molecule has 21 heavy (non-hydrogen) atoms. The first-order valence-electron chi connectivity index (χ1n) is 6.78. The van der Waals surface area contributed by atoms with Crippen LogP contribution >= 0.6 is 0 Å². The predicted molar refractivity (Wildman–Crippen MR) is 75.6 cm³/mol. The lowest BCUT2D eigenvalue weighted by Gasteiger charge is -2.18. The fourth-order valence-corrected chi connectivity index (χ4v) is 2.22. The van der Waals surface area contributed by atoms with Crippen molar-refractivity contribution in [3.63, 3.8) is 0 Å². The number of nitrogens with one attached hydrogen (secondary N) is 1. The Morgan fingerprint density at radius 3 is 2.90 bits per heavy atom. The standard InChI is InChI=1S/C14H17N3O4/c1-19-3-2-15-14(18)8-17-9-16-10-6-12-13(7-11(10)17)21-5-4-20-12/h6-7,9H,2-5,8H2,1H3,(H,15,18). The summed E-state index contributed by atoms with van der Waals surface area (Å²) in [7, 11) is 1.60. The van der Waals surface area contributed by atoms with Crippen molar-refractivity contribution in [1.82, 2.24) is 14.9 Å². The maximum absolute atomic E-state index is 11.8. The number of ether oxygens (including phenoxy) is 3. The molecule has 112 valence electrons. The molecule has 0 fully saturated rings. The molecule has 0 saturated heterocycles. The van der Waals surface area contributed by atoms with Gasteiger partial charge in [0.2, 0.25) is 5.91 Å². The molecule has 7 nitrogen and oxygen atoms in total. The third-order valence-corrected chi connectivity index (χ3v) is 3.23. The average molecular weight is 291 g/mol. The highest BCUT2D eigenvalue weighted by Gasteiger charge is 2.16. The molecule has 2 heterocycles. The van der Waals surface area contributed by atoms with Gasteiger partial charge in [-0.2, -0.15) is 0 Å². The van der Waals surface area contributed by atoms with Gasteiger partial charge in [0.1, 0.15) is 19.8 Å². The van der Waals surface area contributed by atoms with Gasteiger partial charge in [-0.25, -0.2) is 4.98 Å². The zero-order chi connectivity index (χ0) is 14.7. The van der Waals surface area contributed by atoms with Gasteiger partial charge in [-0.15, -0.1) is 0 Å². The van der Waals surface area contributed by atoms with Gasteiger partial charge in [0.15, 0.2) is 11.5 Å². The highest BCUT2D eigenvalue weighted by Crippen LogP contribution is 2.33. The van der Waals surface area contributed by atoms with Crippen LogP contribution in [-0.4, -0.2) is 48.9 Å². The van der Waals surface area contributed by atoms with Crippen LogP contribution in [0.15, 0.2) is 18.5 Å². The molecule has 1 aliphatic rings. The molecule has 0 saturated carbocycles. The number of aromatic nitrogens is 2. The van der Waals surface area contributed by atoms with Crippen LogP contribution in [0, 0.1) is 0 Å². The lowest BCUT2D eigenvalue weighted by molar-refractivity contribution is -0.121. The fourth-order valence-electron chi connectivity index (χ4n) is 2.22. The van der Waals surface area contributed by atoms with E-state index in [2.05, 4.69) is 10.3 Å². The number of hydrogen-bond donors (Lipinski definition) is 1. The van der Waals surface area contributed by atoms with Crippen LogP contribution in [0.5, 0.6) is 11.5 Å². The quantitative estimate of drug-likeness (QED) is 0.815. The zero-order valence-electron chi connectivity index (χ0n) is 11.8. The van der Waals surface area contributed by atoms with Gasteiger partial charge < -0.3 is 24.1 Å². The summed E-state index contributed by atoms with van der Waals surface area (Å²) in [6, 6.07) is 3.70. The van der Waals surface area contributed by atoms with Crippen LogP contribution in [0.2, 0.25) is 0 Å². The number of amides is 1.